The first kappa shape index (κ1) is 12.3. The molecule has 0 aliphatic rings. The van der Waals surface area contributed by atoms with E-state index in [2.05, 4.69) is 38.3 Å². The Morgan fingerprint density at radius 3 is 2.71 bits per heavy atom. The first-order valence-corrected chi connectivity index (χ1v) is 6.83. The lowest BCUT2D eigenvalue weighted by atomic mass is 9.97. The number of benzene rings is 1. The van der Waals surface area contributed by atoms with E-state index in [1.54, 1.807) is 11.3 Å². The zero-order valence-electron chi connectivity index (χ0n) is 10.5. The number of aryl methyl sites for hydroxylation is 2. The maximum Gasteiger partial charge on any atom is 0.114 e. The Morgan fingerprint density at radius 2 is 2.00 bits per heavy atom. The van der Waals surface area contributed by atoms with E-state index in [0.29, 0.717) is 0 Å². The molecule has 1 unspecified atom stereocenters. The number of hydrogen-bond donors (Lipinski definition) is 1. The van der Waals surface area contributed by atoms with Crippen LogP contribution in [0.4, 0.5) is 0 Å². The van der Waals surface area contributed by atoms with E-state index < -0.39 is 6.10 Å². The van der Waals surface area contributed by atoms with Crippen LogP contribution in [0.5, 0.6) is 0 Å². The Balaban J connectivity index is 2.44. The third-order valence-corrected chi connectivity index (χ3v) is 4.36. The van der Waals surface area contributed by atoms with Crippen LogP contribution in [0, 0.1) is 13.8 Å². The fourth-order valence-corrected chi connectivity index (χ4v) is 3.09. The minimum absolute atomic E-state index is 0.482. The summed E-state index contributed by atoms with van der Waals surface area (Å²) in [6.07, 6.45) is 0.491. The minimum Gasteiger partial charge on any atom is -0.383 e. The summed E-state index contributed by atoms with van der Waals surface area (Å²) < 4.78 is 0. The van der Waals surface area contributed by atoms with Gasteiger partial charge in [0, 0.05) is 4.88 Å². The molecule has 0 spiro atoms. The van der Waals surface area contributed by atoms with Gasteiger partial charge in [-0.3, -0.25) is 0 Å². The van der Waals surface area contributed by atoms with Crippen LogP contribution in [0.2, 0.25) is 0 Å². The monoisotopic (exact) mass is 246 g/mol. The van der Waals surface area contributed by atoms with Crippen LogP contribution in [0.1, 0.15) is 40.2 Å². The quantitative estimate of drug-likeness (QED) is 0.867. The summed E-state index contributed by atoms with van der Waals surface area (Å²) >= 11 is 1.64. The van der Waals surface area contributed by atoms with Crippen molar-refractivity contribution >= 4 is 11.3 Å². The molecule has 0 fully saturated rings. The van der Waals surface area contributed by atoms with Crippen LogP contribution >= 0.6 is 11.3 Å². The summed E-state index contributed by atoms with van der Waals surface area (Å²) in [7, 11) is 0. The SMILES string of the molecule is CCc1ccsc1C(O)c1cccc(C)c1C. The van der Waals surface area contributed by atoms with Crippen LogP contribution in [-0.2, 0) is 6.42 Å². The van der Waals surface area contributed by atoms with Gasteiger partial charge in [-0.1, -0.05) is 25.1 Å². The molecule has 1 aromatic carbocycles. The lowest BCUT2D eigenvalue weighted by Crippen LogP contribution is -2.03. The van der Waals surface area contributed by atoms with Crippen molar-refractivity contribution in [2.75, 3.05) is 0 Å². The van der Waals surface area contributed by atoms with Gasteiger partial charge in [0.05, 0.1) is 0 Å². The summed E-state index contributed by atoms with van der Waals surface area (Å²) in [5, 5.41) is 12.6. The molecule has 2 rings (SSSR count). The van der Waals surface area contributed by atoms with E-state index in [9.17, 15) is 5.11 Å². The maximum absolute atomic E-state index is 10.5. The molecule has 1 N–H and O–H groups in total. The lowest BCUT2D eigenvalue weighted by molar-refractivity contribution is 0.222. The normalized spacial score (nSPS) is 12.7. The van der Waals surface area contributed by atoms with Crippen molar-refractivity contribution in [1.82, 2.24) is 0 Å². The van der Waals surface area contributed by atoms with Gasteiger partial charge in [-0.05, 0) is 54.0 Å². The fourth-order valence-electron chi connectivity index (χ4n) is 2.09. The maximum atomic E-state index is 10.5. The second-order valence-electron chi connectivity index (χ2n) is 4.36. The molecular formula is C15H18OS. The molecule has 0 radical (unpaired) electrons. The van der Waals surface area contributed by atoms with Crippen molar-refractivity contribution in [3.8, 4) is 0 Å². The van der Waals surface area contributed by atoms with E-state index in [1.807, 2.05) is 12.1 Å². The first-order valence-electron chi connectivity index (χ1n) is 5.95. The van der Waals surface area contributed by atoms with Gasteiger partial charge in [-0.2, -0.15) is 0 Å². The highest BCUT2D eigenvalue weighted by Crippen LogP contribution is 2.32. The standard InChI is InChI=1S/C15H18OS/c1-4-12-8-9-17-15(12)14(16)13-7-5-6-10(2)11(13)3/h5-9,14,16H,4H2,1-3H3. The van der Waals surface area contributed by atoms with Gasteiger partial charge in [0.2, 0.25) is 0 Å². The number of aliphatic hydroxyl groups is 1. The molecule has 90 valence electrons. The van der Waals surface area contributed by atoms with Crippen molar-refractivity contribution < 1.29 is 5.11 Å². The molecule has 2 heteroatoms. The average Bonchev–Trinajstić information content (AvgIpc) is 2.80. The van der Waals surface area contributed by atoms with E-state index in [4.69, 9.17) is 0 Å². The predicted molar refractivity (Wildman–Crippen MR) is 73.7 cm³/mol. The summed E-state index contributed by atoms with van der Waals surface area (Å²) in [6.45, 7) is 6.29. The Labute approximate surface area is 107 Å². The first-order chi connectivity index (χ1) is 8.15. The zero-order valence-corrected chi connectivity index (χ0v) is 11.3. The van der Waals surface area contributed by atoms with Crippen LogP contribution < -0.4 is 0 Å². The van der Waals surface area contributed by atoms with E-state index in [-0.39, 0.29) is 0 Å². The second-order valence-corrected chi connectivity index (χ2v) is 5.30. The Kier molecular flexibility index (Phi) is 3.65. The number of rotatable bonds is 3. The van der Waals surface area contributed by atoms with Crippen molar-refractivity contribution in [1.29, 1.82) is 0 Å². The summed E-state index contributed by atoms with van der Waals surface area (Å²) in [4.78, 5) is 1.08. The molecule has 0 bridgehead atoms. The van der Waals surface area contributed by atoms with Crippen LogP contribution in [0.15, 0.2) is 29.6 Å². The van der Waals surface area contributed by atoms with Crippen molar-refractivity contribution in [3.05, 3.63) is 56.8 Å². The second kappa shape index (κ2) is 5.03. The van der Waals surface area contributed by atoms with Crippen molar-refractivity contribution in [2.45, 2.75) is 33.3 Å². The molecule has 1 atom stereocenters. The van der Waals surface area contributed by atoms with Crippen LogP contribution in [-0.4, -0.2) is 5.11 Å². The van der Waals surface area contributed by atoms with Crippen molar-refractivity contribution in [3.63, 3.8) is 0 Å². The summed E-state index contributed by atoms with van der Waals surface area (Å²) in [5.41, 5.74) is 4.71. The fraction of sp³-hybridized carbons (Fsp3) is 0.333. The Morgan fingerprint density at radius 1 is 1.24 bits per heavy atom. The smallest absolute Gasteiger partial charge is 0.114 e. The molecule has 1 heterocycles. The van der Waals surface area contributed by atoms with Gasteiger partial charge in [-0.25, -0.2) is 0 Å². The van der Waals surface area contributed by atoms with Crippen LogP contribution in [0.25, 0.3) is 0 Å². The number of aliphatic hydroxyl groups excluding tert-OH is 1. The van der Waals surface area contributed by atoms with Crippen molar-refractivity contribution in [2.24, 2.45) is 0 Å². The molecule has 0 saturated carbocycles. The minimum atomic E-state index is -0.482. The average molecular weight is 246 g/mol. The van der Waals surface area contributed by atoms with Gasteiger partial charge < -0.3 is 5.11 Å². The van der Waals surface area contributed by atoms with Gasteiger partial charge >= 0.3 is 0 Å². The van der Waals surface area contributed by atoms with Gasteiger partial charge in [0.15, 0.2) is 0 Å². The highest BCUT2D eigenvalue weighted by Gasteiger charge is 2.17. The summed E-state index contributed by atoms with van der Waals surface area (Å²) in [5.74, 6) is 0. The van der Waals surface area contributed by atoms with E-state index in [0.717, 1.165) is 16.9 Å². The molecule has 0 aliphatic heterocycles. The molecule has 1 aromatic heterocycles. The highest BCUT2D eigenvalue weighted by atomic mass is 32.1. The molecule has 0 amide bonds. The molecule has 1 nitrogen and oxygen atoms in total. The molecule has 0 aliphatic carbocycles. The zero-order chi connectivity index (χ0) is 12.4. The van der Waals surface area contributed by atoms with Gasteiger partial charge in [-0.15, -0.1) is 11.3 Å². The summed E-state index contributed by atoms with van der Waals surface area (Å²) in [6, 6.07) is 8.22. The highest BCUT2D eigenvalue weighted by molar-refractivity contribution is 7.10. The van der Waals surface area contributed by atoms with E-state index >= 15 is 0 Å². The third-order valence-electron chi connectivity index (χ3n) is 3.35. The Bertz CT molecular complexity index is 513. The third kappa shape index (κ3) is 2.28. The van der Waals surface area contributed by atoms with Crippen LogP contribution in [0.3, 0.4) is 0 Å². The molecular weight excluding hydrogens is 228 g/mol. The largest absolute Gasteiger partial charge is 0.383 e. The van der Waals surface area contributed by atoms with Gasteiger partial charge in [0.25, 0.3) is 0 Å². The molecule has 17 heavy (non-hydrogen) atoms. The molecule has 0 saturated heterocycles. The predicted octanol–water partition coefficient (Wildman–Crippen LogP) is 4.01. The number of thiophene rings is 1. The molecule has 2 aromatic rings. The Hall–Kier alpha value is -1.12. The van der Waals surface area contributed by atoms with Gasteiger partial charge in [0.1, 0.15) is 6.10 Å². The van der Waals surface area contributed by atoms with E-state index in [1.165, 1.54) is 16.7 Å². The lowest BCUT2D eigenvalue weighted by Gasteiger charge is -2.15. The topological polar surface area (TPSA) is 20.2 Å². The number of hydrogen-bond acceptors (Lipinski definition) is 2.